The number of nitrogens with zero attached hydrogens (tertiary/aromatic N) is 1. The Morgan fingerprint density at radius 1 is 1.44 bits per heavy atom. The molecule has 1 N–H and O–H groups in total. The smallest absolute Gasteiger partial charge is 0.307 e. The highest BCUT2D eigenvalue weighted by atomic mass is 16.2. The van der Waals surface area contributed by atoms with E-state index < -0.39 is 5.69 Å². The Balaban J connectivity index is 2.97. The topological polar surface area (TPSA) is 54.9 Å². The van der Waals surface area contributed by atoms with Crippen LogP contribution in [0.4, 0.5) is 0 Å². The summed E-state index contributed by atoms with van der Waals surface area (Å²) >= 11 is 0. The first-order valence-corrected chi connectivity index (χ1v) is 4.98. The molecule has 0 radical (unpaired) electrons. The van der Waals surface area contributed by atoms with Gasteiger partial charge in [0.2, 0.25) is 0 Å². The van der Waals surface area contributed by atoms with Gasteiger partial charge in [0, 0.05) is 6.54 Å². The number of aromatic nitrogens is 2. The number of aryl methyl sites for hydroxylation is 1. The Morgan fingerprint density at radius 2 is 2.19 bits per heavy atom. The highest BCUT2D eigenvalue weighted by Crippen LogP contribution is 2.09. The number of H-pyrrole nitrogens is 1. The van der Waals surface area contributed by atoms with Gasteiger partial charge in [0.05, 0.1) is 10.9 Å². The molecule has 1 heterocycles. The summed E-state index contributed by atoms with van der Waals surface area (Å²) in [4.78, 5) is 26.4. The lowest BCUT2D eigenvalue weighted by Crippen LogP contribution is -2.34. The fourth-order valence-corrected chi connectivity index (χ4v) is 1.76. The van der Waals surface area contributed by atoms with Crippen LogP contribution in [-0.4, -0.2) is 9.55 Å². The predicted octanol–water partition coefficient (Wildman–Crippen LogP) is 1.18. The van der Waals surface area contributed by atoms with E-state index in [1.807, 2.05) is 19.1 Å². The Bertz CT molecular complexity index is 665. The van der Waals surface area contributed by atoms with Crippen molar-refractivity contribution in [2.45, 2.75) is 13.5 Å². The van der Waals surface area contributed by atoms with Crippen LogP contribution in [0.15, 0.2) is 40.4 Å². The highest BCUT2D eigenvalue weighted by Gasteiger charge is 2.07. The van der Waals surface area contributed by atoms with E-state index in [9.17, 15) is 9.59 Å². The van der Waals surface area contributed by atoms with Gasteiger partial charge in [-0.3, -0.25) is 9.36 Å². The van der Waals surface area contributed by atoms with Crippen molar-refractivity contribution in [2.24, 2.45) is 0 Å². The fourth-order valence-electron chi connectivity index (χ4n) is 1.76. The summed E-state index contributed by atoms with van der Waals surface area (Å²) in [6.07, 6.45) is 1.53. The van der Waals surface area contributed by atoms with E-state index in [1.165, 1.54) is 6.08 Å². The molecule has 0 unspecified atom stereocenters. The van der Waals surface area contributed by atoms with Gasteiger partial charge in [0.1, 0.15) is 0 Å². The highest BCUT2D eigenvalue weighted by molar-refractivity contribution is 5.80. The first-order valence-electron chi connectivity index (χ1n) is 4.98. The first-order chi connectivity index (χ1) is 7.65. The van der Waals surface area contributed by atoms with Crippen molar-refractivity contribution in [1.82, 2.24) is 9.55 Å². The maximum atomic E-state index is 12.1. The molecule has 0 fully saturated rings. The molecule has 0 atom stereocenters. The van der Waals surface area contributed by atoms with Gasteiger partial charge in [-0.15, -0.1) is 6.58 Å². The number of aromatic amines is 1. The molecule has 0 saturated heterocycles. The minimum atomic E-state index is -0.400. The summed E-state index contributed by atoms with van der Waals surface area (Å²) in [6, 6.07) is 5.38. The molecule has 16 heavy (non-hydrogen) atoms. The van der Waals surface area contributed by atoms with Crippen LogP contribution in [-0.2, 0) is 6.54 Å². The maximum Gasteiger partial charge on any atom is 0.329 e. The van der Waals surface area contributed by atoms with Crippen molar-refractivity contribution in [3.05, 3.63) is 57.3 Å². The lowest BCUT2D eigenvalue weighted by atomic mass is 10.1. The van der Waals surface area contributed by atoms with Gasteiger partial charge in [0.15, 0.2) is 0 Å². The Hall–Kier alpha value is -2.10. The molecule has 0 aliphatic heterocycles. The van der Waals surface area contributed by atoms with Crippen LogP contribution >= 0.6 is 0 Å². The third-order valence-electron chi connectivity index (χ3n) is 2.53. The van der Waals surface area contributed by atoms with Gasteiger partial charge in [-0.25, -0.2) is 4.79 Å². The third kappa shape index (κ3) is 1.48. The number of hydrogen-bond acceptors (Lipinski definition) is 2. The van der Waals surface area contributed by atoms with Crippen molar-refractivity contribution >= 4 is 10.9 Å². The van der Waals surface area contributed by atoms with Crippen molar-refractivity contribution in [2.75, 3.05) is 0 Å². The zero-order valence-electron chi connectivity index (χ0n) is 8.99. The molecule has 2 aromatic rings. The van der Waals surface area contributed by atoms with Gasteiger partial charge in [-0.1, -0.05) is 18.2 Å². The number of rotatable bonds is 2. The minimum Gasteiger partial charge on any atom is -0.307 e. The standard InChI is InChI=1S/C12H12N2O2/c1-3-7-14-11(15)10-8(2)5-4-6-9(10)13-12(14)16/h3-6H,1,7H2,2H3,(H,13,16). The molecule has 2 rings (SSSR count). The Kier molecular flexibility index (Phi) is 2.48. The monoisotopic (exact) mass is 216 g/mol. The predicted molar refractivity (Wildman–Crippen MR) is 63.8 cm³/mol. The van der Waals surface area contributed by atoms with E-state index in [1.54, 1.807) is 6.07 Å². The fraction of sp³-hybridized carbons (Fsp3) is 0.167. The Labute approximate surface area is 91.9 Å². The van der Waals surface area contributed by atoms with Crippen molar-refractivity contribution in [3.8, 4) is 0 Å². The average Bonchev–Trinajstić information content (AvgIpc) is 2.24. The quantitative estimate of drug-likeness (QED) is 0.766. The van der Waals surface area contributed by atoms with Crippen LogP contribution in [0.2, 0.25) is 0 Å². The molecule has 82 valence electrons. The second-order valence-electron chi connectivity index (χ2n) is 3.63. The minimum absolute atomic E-state index is 0.221. The third-order valence-corrected chi connectivity index (χ3v) is 2.53. The number of allylic oxidation sites excluding steroid dienone is 1. The van der Waals surface area contributed by atoms with E-state index in [2.05, 4.69) is 11.6 Å². The van der Waals surface area contributed by atoms with Crippen LogP contribution in [0.3, 0.4) is 0 Å². The molecule has 0 aliphatic carbocycles. The number of fused-ring (bicyclic) bond motifs is 1. The summed E-state index contributed by atoms with van der Waals surface area (Å²) in [5, 5.41) is 0.559. The van der Waals surface area contributed by atoms with Crippen molar-refractivity contribution in [1.29, 1.82) is 0 Å². The van der Waals surface area contributed by atoms with Gasteiger partial charge < -0.3 is 4.98 Å². The molecule has 1 aromatic carbocycles. The number of benzene rings is 1. The SMILES string of the molecule is C=CCn1c(=O)[nH]c2cccc(C)c2c1=O. The second kappa shape index (κ2) is 3.81. The van der Waals surface area contributed by atoms with Crippen LogP contribution in [0, 0.1) is 6.92 Å². The van der Waals surface area contributed by atoms with Crippen molar-refractivity contribution in [3.63, 3.8) is 0 Å². The lowest BCUT2D eigenvalue weighted by molar-refractivity contribution is 0.728. The second-order valence-corrected chi connectivity index (χ2v) is 3.63. The molecular formula is C12H12N2O2. The van der Waals surface area contributed by atoms with Gasteiger partial charge >= 0.3 is 5.69 Å². The van der Waals surface area contributed by atoms with E-state index in [0.29, 0.717) is 10.9 Å². The van der Waals surface area contributed by atoms with Gasteiger partial charge in [0.25, 0.3) is 5.56 Å². The van der Waals surface area contributed by atoms with E-state index in [4.69, 9.17) is 0 Å². The summed E-state index contributed by atoms with van der Waals surface area (Å²) in [5.74, 6) is 0. The molecule has 0 amide bonds. The van der Waals surface area contributed by atoms with Crippen LogP contribution in [0.1, 0.15) is 5.56 Å². The molecule has 0 spiro atoms. The lowest BCUT2D eigenvalue weighted by Gasteiger charge is -2.05. The Morgan fingerprint density at radius 3 is 2.88 bits per heavy atom. The molecular weight excluding hydrogens is 204 g/mol. The molecule has 0 saturated carbocycles. The molecule has 0 aliphatic rings. The van der Waals surface area contributed by atoms with Gasteiger partial charge in [-0.05, 0) is 18.6 Å². The zero-order valence-corrected chi connectivity index (χ0v) is 8.99. The van der Waals surface area contributed by atoms with E-state index in [0.717, 1.165) is 10.1 Å². The summed E-state index contributed by atoms with van der Waals surface area (Å²) < 4.78 is 1.14. The van der Waals surface area contributed by atoms with Crippen molar-refractivity contribution < 1.29 is 0 Å². The van der Waals surface area contributed by atoms with Crippen LogP contribution < -0.4 is 11.2 Å². The van der Waals surface area contributed by atoms with E-state index in [-0.39, 0.29) is 12.1 Å². The average molecular weight is 216 g/mol. The van der Waals surface area contributed by atoms with Crippen LogP contribution in [0.25, 0.3) is 10.9 Å². The number of nitrogens with one attached hydrogen (secondary N) is 1. The number of hydrogen-bond donors (Lipinski definition) is 1. The normalized spacial score (nSPS) is 10.6. The van der Waals surface area contributed by atoms with Crippen LogP contribution in [0.5, 0.6) is 0 Å². The summed E-state index contributed by atoms with van der Waals surface area (Å²) in [5.41, 5.74) is 0.770. The molecule has 4 nitrogen and oxygen atoms in total. The van der Waals surface area contributed by atoms with E-state index >= 15 is 0 Å². The maximum absolute atomic E-state index is 12.1. The zero-order chi connectivity index (χ0) is 11.7. The largest absolute Gasteiger partial charge is 0.329 e. The first kappa shape index (κ1) is 10.4. The summed E-state index contributed by atoms with van der Waals surface area (Å²) in [7, 11) is 0. The molecule has 0 bridgehead atoms. The summed E-state index contributed by atoms with van der Waals surface area (Å²) in [6.45, 7) is 5.60. The van der Waals surface area contributed by atoms with Gasteiger partial charge in [-0.2, -0.15) is 0 Å². The molecule has 4 heteroatoms. The molecule has 1 aromatic heterocycles.